The highest BCUT2D eigenvalue weighted by Gasteiger charge is 2.12. The number of aliphatic hydroxyl groups excluding tert-OH is 1. The fraction of sp³-hybridized carbons (Fsp3) is 0.308. The summed E-state index contributed by atoms with van der Waals surface area (Å²) < 4.78 is 0. The maximum atomic E-state index is 11.1. The molecule has 0 bridgehead atoms. The molecule has 1 aromatic carbocycles. The number of aryl methyl sites for hydroxylation is 1. The molecule has 4 N–H and O–H groups in total. The first kappa shape index (κ1) is 11.7. The number of carbonyl (C=O) groups excluding carboxylic acids is 1. The van der Waals surface area contributed by atoms with Crippen LogP contribution in [0, 0.1) is 0 Å². The van der Waals surface area contributed by atoms with Gasteiger partial charge in [-0.25, -0.2) is 0 Å². The van der Waals surface area contributed by atoms with Crippen molar-refractivity contribution in [3.8, 4) is 0 Å². The Morgan fingerprint density at radius 2 is 2.12 bits per heavy atom. The van der Waals surface area contributed by atoms with Gasteiger partial charge in [0.05, 0.1) is 6.42 Å². The van der Waals surface area contributed by atoms with Crippen LogP contribution in [-0.4, -0.2) is 22.6 Å². The molecule has 1 amide bonds. The molecule has 4 nitrogen and oxygen atoms in total. The van der Waals surface area contributed by atoms with Crippen LogP contribution in [0.3, 0.4) is 0 Å². The van der Waals surface area contributed by atoms with Crippen LogP contribution < -0.4 is 5.73 Å². The molecule has 0 radical (unpaired) electrons. The molecule has 17 heavy (non-hydrogen) atoms. The van der Waals surface area contributed by atoms with Gasteiger partial charge in [-0.1, -0.05) is 18.2 Å². The Morgan fingerprint density at radius 1 is 1.35 bits per heavy atom. The third-order valence-electron chi connectivity index (χ3n) is 2.84. The molecule has 0 aliphatic heterocycles. The second-order valence-electron chi connectivity index (χ2n) is 4.10. The predicted molar refractivity (Wildman–Crippen MR) is 66.6 cm³/mol. The van der Waals surface area contributed by atoms with E-state index >= 15 is 0 Å². The van der Waals surface area contributed by atoms with Crippen molar-refractivity contribution < 1.29 is 9.90 Å². The van der Waals surface area contributed by atoms with Crippen LogP contribution in [0.25, 0.3) is 10.9 Å². The summed E-state index contributed by atoms with van der Waals surface area (Å²) in [6.07, 6.45) is 1.65. The lowest BCUT2D eigenvalue weighted by Gasteiger charge is -2.01. The molecule has 0 fully saturated rings. The highest BCUT2D eigenvalue weighted by atomic mass is 16.2. The summed E-state index contributed by atoms with van der Waals surface area (Å²) in [7, 11) is 0. The molecule has 90 valence electrons. The van der Waals surface area contributed by atoms with E-state index in [9.17, 15) is 4.79 Å². The Morgan fingerprint density at radius 3 is 2.82 bits per heavy atom. The summed E-state index contributed by atoms with van der Waals surface area (Å²) >= 11 is 0. The van der Waals surface area contributed by atoms with E-state index < -0.39 is 0 Å². The van der Waals surface area contributed by atoms with Gasteiger partial charge in [-0.3, -0.25) is 4.79 Å². The van der Waals surface area contributed by atoms with Crippen LogP contribution in [0.15, 0.2) is 24.3 Å². The number of aromatic amines is 1. The third kappa shape index (κ3) is 2.47. The molecule has 0 spiro atoms. The van der Waals surface area contributed by atoms with E-state index in [2.05, 4.69) is 4.98 Å². The molecule has 0 saturated heterocycles. The summed E-state index contributed by atoms with van der Waals surface area (Å²) in [5.41, 5.74) is 8.24. The molecule has 1 heterocycles. The number of nitrogens with two attached hydrogens (primary N) is 1. The van der Waals surface area contributed by atoms with Crippen LogP contribution in [0.5, 0.6) is 0 Å². The number of carbonyl (C=O) groups is 1. The molecule has 0 aliphatic rings. The number of amides is 1. The lowest BCUT2D eigenvalue weighted by molar-refractivity contribution is -0.117. The third-order valence-corrected chi connectivity index (χ3v) is 2.84. The Labute approximate surface area is 99.4 Å². The second-order valence-corrected chi connectivity index (χ2v) is 4.10. The zero-order valence-electron chi connectivity index (χ0n) is 9.57. The zero-order chi connectivity index (χ0) is 12.3. The molecular weight excluding hydrogens is 216 g/mol. The number of hydrogen-bond donors (Lipinski definition) is 3. The van der Waals surface area contributed by atoms with Crippen LogP contribution >= 0.6 is 0 Å². The van der Waals surface area contributed by atoms with Crippen molar-refractivity contribution in [3.63, 3.8) is 0 Å². The number of hydrogen-bond acceptors (Lipinski definition) is 2. The highest BCUT2D eigenvalue weighted by molar-refractivity contribution is 5.89. The quantitative estimate of drug-likeness (QED) is 0.722. The minimum absolute atomic E-state index is 0.144. The number of benzene rings is 1. The second kappa shape index (κ2) is 5.01. The monoisotopic (exact) mass is 232 g/mol. The van der Waals surface area contributed by atoms with E-state index in [1.165, 1.54) is 0 Å². The Balaban J connectivity index is 2.44. The van der Waals surface area contributed by atoms with Crippen molar-refractivity contribution in [2.45, 2.75) is 19.3 Å². The van der Waals surface area contributed by atoms with Gasteiger partial charge in [0, 0.05) is 23.2 Å². The average molecular weight is 232 g/mol. The molecule has 0 unspecified atom stereocenters. The topological polar surface area (TPSA) is 79.1 Å². The Bertz CT molecular complexity index is 531. The van der Waals surface area contributed by atoms with Gasteiger partial charge in [0.25, 0.3) is 0 Å². The number of aliphatic hydroxyl groups is 1. The van der Waals surface area contributed by atoms with Crippen molar-refractivity contribution in [2.75, 3.05) is 6.61 Å². The standard InChI is InChI=1S/C13H16N2O2/c14-13(17)8-10-9-4-1-2-5-11(9)15-12(10)6-3-7-16/h1-2,4-5,15-16H,3,6-8H2,(H2,14,17). The van der Waals surface area contributed by atoms with Crippen molar-refractivity contribution in [1.82, 2.24) is 4.98 Å². The minimum atomic E-state index is -0.333. The Hall–Kier alpha value is -1.81. The molecule has 4 heteroatoms. The first-order chi connectivity index (χ1) is 8.22. The number of H-pyrrole nitrogens is 1. The number of nitrogens with one attached hydrogen (secondary N) is 1. The van der Waals surface area contributed by atoms with Gasteiger partial charge in [0.1, 0.15) is 0 Å². The largest absolute Gasteiger partial charge is 0.396 e. The molecule has 1 aromatic heterocycles. The van der Waals surface area contributed by atoms with E-state index in [-0.39, 0.29) is 18.9 Å². The predicted octanol–water partition coefficient (Wildman–Crippen LogP) is 1.12. The van der Waals surface area contributed by atoms with Gasteiger partial charge >= 0.3 is 0 Å². The molecule has 0 atom stereocenters. The van der Waals surface area contributed by atoms with Crippen molar-refractivity contribution in [1.29, 1.82) is 0 Å². The van der Waals surface area contributed by atoms with Gasteiger partial charge in [0.2, 0.25) is 5.91 Å². The summed E-state index contributed by atoms with van der Waals surface area (Å²) in [5.74, 6) is -0.333. The van der Waals surface area contributed by atoms with Gasteiger partial charge in [-0.05, 0) is 24.5 Å². The minimum Gasteiger partial charge on any atom is -0.396 e. The van der Waals surface area contributed by atoms with Crippen LogP contribution in [0.4, 0.5) is 0 Å². The summed E-state index contributed by atoms with van der Waals surface area (Å²) in [4.78, 5) is 14.4. The summed E-state index contributed by atoms with van der Waals surface area (Å²) in [6.45, 7) is 0.144. The Kier molecular flexibility index (Phi) is 3.44. The van der Waals surface area contributed by atoms with Crippen molar-refractivity contribution in [2.24, 2.45) is 5.73 Å². The summed E-state index contributed by atoms with van der Waals surface area (Å²) in [5, 5.41) is 9.91. The first-order valence-electron chi connectivity index (χ1n) is 5.70. The first-order valence-corrected chi connectivity index (χ1v) is 5.70. The number of aromatic nitrogens is 1. The maximum absolute atomic E-state index is 11.1. The number of fused-ring (bicyclic) bond motifs is 1. The lowest BCUT2D eigenvalue weighted by atomic mass is 10.0. The molecular formula is C13H16N2O2. The number of para-hydroxylation sites is 1. The van der Waals surface area contributed by atoms with E-state index in [1.807, 2.05) is 24.3 Å². The lowest BCUT2D eigenvalue weighted by Crippen LogP contribution is -2.14. The SMILES string of the molecule is NC(=O)Cc1c(CCCO)[nH]c2ccccc12. The highest BCUT2D eigenvalue weighted by Crippen LogP contribution is 2.23. The van der Waals surface area contributed by atoms with Gasteiger partial charge in [0.15, 0.2) is 0 Å². The summed E-state index contributed by atoms with van der Waals surface area (Å²) in [6, 6.07) is 7.84. The van der Waals surface area contributed by atoms with Crippen LogP contribution in [-0.2, 0) is 17.6 Å². The normalized spacial score (nSPS) is 10.9. The van der Waals surface area contributed by atoms with E-state index in [1.54, 1.807) is 0 Å². The molecule has 2 aromatic rings. The zero-order valence-corrected chi connectivity index (χ0v) is 9.57. The fourth-order valence-electron chi connectivity index (χ4n) is 2.10. The fourth-order valence-corrected chi connectivity index (χ4v) is 2.10. The van der Waals surface area contributed by atoms with Gasteiger partial charge < -0.3 is 15.8 Å². The van der Waals surface area contributed by atoms with E-state index in [0.29, 0.717) is 6.42 Å². The van der Waals surface area contributed by atoms with Gasteiger partial charge in [-0.2, -0.15) is 0 Å². The number of primary amides is 1. The average Bonchev–Trinajstić information content (AvgIpc) is 2.64. The van der Waals surface area contributed by atoms with Crippen LogP contribution in [0.2, 0.25) is 0 Å². The maximum Gasteiger partial charge on any atom is 0.221 e. The van der Waals surface area contributed by atoms with Crippen molar-refractivity contribution in [3.05, 3.63) is 35.5 Å². The molecule has 2 rings (SSSR count). The van der Waals surface area contributed by atoms with Crippen molar-refractivity contribution >= 4 is 16.8 Å². The van der Waals surface area contributed by atoms with E-state index in [0.717, 1.165) is 28.6 Å². The van der Waals surface area contributed by atoms with Gasteiger partial charge in [-0.15, -0.1) is 0 Å². The number of rotatable bonds is 5. The van der Waals surface area contributed by atoms with E-state index in [4.69, 9.17) is 10.8 Å². The molecule has 0 aliphatic carbocycles. The molecule has 0 saturated carbocycles. The smallest absolute Gasteiger partial charge is 0.221 e. The van der Waals surface area contributed by atoms with Crippen LogP contribution in [0.1, 0.15) is 17.7 Å².